The molecule has 3 rings (SSSR count). The van der Waals surface area contributed by atoms with Gasteiger partial charge < -0.3 is 14.6 Å². The van der Waals surface area contributed by atoms with Gasteiger partial charge in [0.1, 0.15) is 11.6 Å². The Bertz CT molecular complexity index is 602. The van der Waals surface area contributed by atoms with Gasteiger partial charge in [-0.1, -0.05) is 18.2 Å². The molecule has 0 aliphatic heterocycles. The van der Waals surface area contributed by atoms with Crippen LogP contribution < -0.4 is 10.1 Å². The molecule has 1 aliphatic carbocycles. The first-order valence-corrected chi connectivity index (χ1v) is 7.65. The van der Waals surface area contributed by atoms with Crippen LogP contribution in [0.3, 0.4) is 0 Å². The Morgan fingerprint density at radius 1 is 1.38 bits per heavy atom. The summed E-state index contributed by atoms with van der Waals surface area (Å²) < 4.78 is 8.09. The average molecular weight is 285 g/mol. The first-order chi connectivity index (χ1) is 10.2. The van der Waals surface area contributed by atoms with Crippen molar-refractivity contribution in [2.45, 2.75) is 38.8 Å². The van der Waals surface area contributed by atoms with Gasteiger partial charge in [0.15, 0.2) is 0 Å². The van der Waals surface area contributed by atoms with Crippen molar-refractivity contribution in [2.75, 3.05) is 6.61 Å². The molecule has 112 valence electrons. The fraction of sp³-hybridized carbons (Fsp3) is 0.471. The van der Waals surface area contributed by atoms with Gasteiger partial charge in [-0.2, -0.15) is 0 Å². The first-order valence-electron chi connectivity index (χ1n) is 7.65. The lowest BCUT2D eigenvalue weighted by Crippen LogP contribution is -2.17. The maximum absolute atomic E-state index is 6.06. The molecule has 0 bridgehead atoms. The number of benzene rings is 1. The zero-order chi connectivity index (χ0) is 14.7. The van der Waals surface area contributed by atoms with Gasteiger partial charge in [0, 0.05) is 44.0 Å². The molecule has 21 heavy (non-hydrogen) atoms. The van der Waals surface area contributed by atoms with E-state index in [1.165, 1.54) is 24.0 Å². The topological polar surface area (TPSA) is 39.1 Å². The van der Waals surface area contributed by atoms with Crippen LogP contribution in [0.5, 0.6) is 5.75 Å². The zero-order valence-corrected chi connectivity index (χ0v) is 12.8. The number of imidazole rings is 1. The number of nitrogens with one attached hydrogen (secondary N) is 1. The normalized spacial score (nSPS) is 14.4. The van der Waals surface area contributed by atoms with Crippen LogP contribution in [-0.2, 0) is 20.0 Å². The van der Waals surface area contributed by atoms with E-state index in [4.69, 9.17) is 4.74 Å². The van der Waals surface area contributed by atoms with Crippen molar-refractivity contribution in [2.24, 2.45) is 7.05 Å². The van der Waals surface area contributed by atoms with Crippen molar-refractivity contribution < 1.29 is 4.74 Å². The highest BCUT2D eigenvalue weighted by atomic mass is 16.5. The van der Waals surface area contributed by atoms with Gasteiger partial charge in [-0.05, 0) is 25.3 Å². The monoisotopic (exact) mass is 285 g/mol. The van der Waals surface area contributed by atoms with E-state index in [1.807, 2.05) is 24.0 Å². The molecule has 1 saturated carbocycles. The second kappa shape index (κ2) is 6.31. The highest BCUT2D eigenvalue weighted by Gasteiger charge is 2.20. The van der Waals surface area contributed by atoms with Crippen molar-refractivity contribution in [3.63, 3.8) is 0 Å². The number of ether oxygens (including phenoxy) is 1. The van der Waals surface area contributed by atoms with E-state index < -0.39 is 0 Å². The number of rotatable bonds is 7. The minimum Gasteiger partial charge on any atom is -0.493 e. The largest absolute Gasteiger partial charge is 0.493 e. The second-order valence-electron chi connectivity index (χ2n) is 5.77. The fourth-order valence-corrected chi connectivity index (χ4v) is 2.48. The summed E-state index contributed by atoms with van der Waals surface area (Å²) in [6.45, 7) is 3.66. The van der Waals surface area contributed by atoms with E-state index in [0.29, 0.717) is 12.6 Å². The molecular formula is C17H23N3O. The molecular weight excluding hydrogens is 262 g/mol. The van der Waals surface area contributed by atoms with Gasteiger partial charge in [-0.3, -0.25) is 0 Å². The minimum absolute atomic E-state index is 0.659. The third-order valence-electron chi connectivity index (χ3n) is 3.95. The lowest BCUT2D eigenvalue weighted by atomic mass is 10.1. The molecule has 0 amide bonds. The minimum atomic E-state index is 0.659. The van der Waals surface area contributed by atoms with Crippen LogP contribution in [0.15, 0.2) is 30.6 Å². The van der Waals surface area contributed by atoms with Crippen LogP contribution >= 0.6 is 0 Å². The summed E-state index contributed by atoms with van der Waals surface area (Å²) >= 11 is 0. The van der Waals surface area contributed by atoms with Crippen molar-refractivity contribution in [1.82, 2.24) is 14.9 Å². The molecule has 0 radical (unpaired) electrons. The number of nitrogens with zero attached hydrogens (tertiary/aromatic N) is 2. The predicted octanol–water partition coefficient (Wildman–Crippen LogP) is 2.60. The summed E-state index contributed by atoms with van der Waals surface area (Å²) in [4.78, 5) is 4.33. The molecule has 1 aromatic heterocycles. The van der Waals surface area contributed by atoms with E-state index in [2.05, 4.69) is 35.4 Å². The molecule has 4 heteroatoms. The Morgan fingerprint density at radius 3 is 2.95 bits per heavy atom. The number of hydrogen-bond donors (Lipinski definition) is 1. The number of para-hydroxylation sites is 1. The van der Waals surface area contributed by atoms with E-state index in [0.717, 1.165) is 24.5 Å². The molecule has 1 fully saturated rings. The van der Waals surface area contributed by atoms with Crippen molar-refractivity contribution in [3.05, 3.63) is 47.5 Å². The Kier molecular flexibility index (Phi) is 4.25. The quantitative estimate of drug-likeness (QED) is 0.850. The molecule has 0 spiro atoms. The summed E-state index contributed by atoms with van der Waals surface area (Å²) in [6.07, 6.45) is 7.23. The SMILES string of the molecule is Cc1cccc(CNC2CC2)c1OCCc1nccn1C. The molecule has 2 aromatic rings. The smallest absolute Gasteiger partial charge is 0.126 e. The van der Waals surface area contributed by atoms with Gasteiger partial charge in [0.05, 0.1) is 6.61 Å². The van der Waals surface area contributed by atoms with Crippen molar-refractivity contribution in [1.29, 1.82) is 0 Å². The highest BCUT2D eigenvalue weighted by molar-refractivity contribution is 5.40. The molecule has 4 nitrogen and oxygen atoms in total. The first kappa shape index (κ1) is 14.1. The van der Waals surface area contributed by atoms with Crippen LogP contribution in [0.4, 0.5) is 0 Å². The third-order valence-corrected chi connectivity index (χ3v) is 3.95. The summed E-state index contributed by atoms with van der Waals surface area (Å²) in [7, 11) is 2.01. The summed E-state index contributed by atoms with van der Waals surface area (Å²) in [6, 6.07) is 7.07. The maximum Gasteiger partial charge on any atom is 0.126 e. The highest BCUT2D eigenvalue weighted by Crippen LogP contribution is 2.25. The van der Waals surface area contributed by atoms with Crippen LogP contribution in [0.2, 0.25) is 0 Å². The Hall–Kier alpha value is -1.81. The number of aryl methyl sites for hydroxylation is 2. The molecule has 1 N–H and O–H groups in total. The molecule has 0 atom stereocenters. The lowest BCUT2D eigenvalue weighted by Gasteiger charge is -2.14. The second-order valence-corrected chi connectivity index (χ2v) is 5.77. The van der Waals surface area contributed by atoms with Crippen molar-refractivity contribution >= 4 is 0 Å². The Balaban J connectivity index is 1.61. The molecule has 1 heterocycles. The standard InChI is InChI=1S/C17H23N3O/c1-13-4-3-5-14(12-19-15-6-7-15)17(13)21-11-8-16-18-9-10-20(16)2/h3-5,9-10,15,19H,6-8,11-12H2,1-2H3. The Morgan fingerprint density at radius 2 is 2.24 bits per heavy atom. The third kappa shape index (κ3) is 3.64. The van der Waals surface area contributed by atoms with E-state index in [1.54, 1.807) is 0 Å². The maximum atomic E-state index is 6.06. The van der Waals surface area contributed by atoms with Gasteiger partial charge in [0.2, 0.25) is 0 Å². The number of hydrogen-bond acceptors (Lipinski definition) is 3. The van der Waals surface area contributed by atoms with Crippen LogP contribution in [-0.4, -0.2) is 22.2 Å². The summed E-state index contributed by atoms with van der Waals surface area (Å²) in [5.74, 6) is 2.08. The van der Waals surface area contributed by atoms with Gasteiger partial charge >= 0.3 is 0 Å². The van der Waals surface area contributed by atoms with Gasteiger partial charge in [-0.25, -0.2) is 4.98 Å². The fourth-order valence-electron chi connectivity index (χ4n) is 2.48. The van der Waals surface area contributed by atoms with Gasteiger partial charge in [0.25, 0.3) is 0 Å². The van der Waals surface area contributed by atoms with E-state index in [-0.39, 0.29) is 0 Å². The number of aromatic nitrogens is 2. The van der Waals surface area contributed by atoms with Crippen molar-refractivity contribution in [3.8, 4) is 5.75 Å². The van der Waals surface area contributed by atoms with E-state index in [9.17, 15) is 0 Å². The zero-order valence-electron chi connectivity index (χ0n) is 12.8. The Labute approximate surface area is 126 Å². The summed E-state index contributed by atoms with van der Waals surface area (Å²) in [5.41, 5.74) is 2.45. The molecule has 1 aromatic carbocycles. The average Bonchev–Trinajstić information content (AvgIpc) is 3.22. The van der Waals surface area contributed by atoms with Crippen LogP contribution in [0, 0.1) is 6.92 Å². The molecule has 1 aliphatic rings. The summed E-state index contributed by atoms with van der Waals surface area (Å²) in [5, 5.41) is 3.56. The lowest BCUT2D eigenvalue weighted by molar-refractivity contribution is 0.311. The van der Waals surface area contributed by atoms with E-state index >= 15 is 0 Å². The van der Waals surface area contributed by atoms with Gasteiger partial charge in [-0.15, -0.1) is 0 Å². The predicted molar refractivity (Wildman–Crippen MR) is 83.4 cm³/mol. The van der Waals surface area contributed by atoms with Crippen LogP contribution in [0.1, 0.15) is 29.8 Å². The molecule has 0 unspecified atom stereocenters. The van der Waals surface area contributed by atoms with Crippen LogP contribution in [0.25, 0.3) is 0 Å². The molecule has 0 saturated heterocycles.